The Balaban J connectivity index is 1.45. The third-order valence-electron chi connectivity index (χ3n) is 5.44. The SMILES string of the molecule is Cc1cc(NC(=O)C2CCCCN2S(=O)(=O)c2cccs2)n(-c2nc3c(F)cccc3s2)n1. The fraction of sp³-hybridized carbons (Fsp3) is 0.286. The highest BCUT2D eigenvalue weighted by Crippen LogP contribution is 2.31. The van der Waals surface area contributed by atoms with Crippen molar-refractivity contribution in [2.75, 3.05) is 11.9 Å². The highest BCUT2D eigenvalue weighted by Gasteiger charge is 2.38. The Morgan fingerprint density at radius 3 is 2.85 bits per heavy atom. The number of para-hydroxylation sites is 1. The molecule has 0 bridgehead atoms. The van der Waals surface area contributed by atoms with Gasteiger partial charge in [-0.15, -0.1) is 11.3 Å². The normalized spacial score (nSPS) is 17.5. The molecule has 1 aliphatic rings. The number of fused-ring (bicyclic) bond motifs is 1. The van der Waals surface area contributed by atoms with Gasteiger partial charge in [0, 0.05) is 12.6 Å². The molecule has 33 heavy (non-hydrogen) atoms. The maximum Gasteiger partial charge on any atom is 0.253 e. The highest BCUT2D eigenvalue weighted by atomic mass is 32.2. The summed E-state index contributed by atoms with van der Waals surface area (Å²) < 4.78 is 44.0. The molecule has 1 fully saturated rings. The fourth-order valence-corrected chi connectivity index (χ4v) is 7.64. The molecule has 1 aliphatic heterocycles. The van der Waals surface area contributed by atoms with Gasteiger partial charge in [0.25, 0.3) is 10.0 Å². The van der Waals surface area contributed by atoms with E-state index in [-0.39, 0.29) is 16.3 Å². The topological polar surface area (TPSA) is 97.2 Å². The minimum Gasteiger partial charge on any atom is -0.309 e. The molecule has 12 heteroatoms. The smallest absolute Gasteiger partial charge is 0.253 e. The standard InChI is InChI=1S/C21H20FN5O3S3/c1-13-12-17(27(25-13)21-24-19-14(22)6-4-8-16(19)32-21)23-20(28)15-7-2-3-10-26(15)33(29,30)18-9-5-11-31-18/h4-6,8-9,11-12,15H,2-3,7,10H2,1H3,(H,23,28). The van der Waals surface area contributed by atoms with Crippen molar-refractivity contribution in [1.82, 2.24) is 19.1 Å². The van der Waals surface area contributed by atoms with Crippen LogP contribution in [0.2, 0.25) is 0 Å². The van der Waals surface area contributed by atoms with Crippen LogP contribution in [0.25, 0.3) is 15.3 Å². The molecule has 172 valence electrons. The van der Waals surface area contributed by atoms with Crippen molar-refractivity contribution in [1.29, 1.82) is 0 Å². The zero-order valence-electron chi connectivity index (χ0n) is 17.6. The number of aromatic nitrogens is 3. The number of amides is 1. The fourth-order valence-electron chi connectivity index (χ4n) is 3.92. The van der Waals surface area contributed by atoms with Gasteiger partial charge < -0.3 is 5.32 Å². The number of halogens is 1. The first kappa shape index (κ1) is 22.1. The molecule has 0 saturated carbocycles. The molecule has 1 unspecified atom stereocenters. The molecule has 4 heterocycles. The van der Waals surface area contributed by atoms with Crippen LogP contribution in [0.3, 0.4) is 0 Å². The summed E-state index contributed by atoms with van der Waals surface area (Å²) >= 11 is 2.39. The summed E-state index contributed by atoms with van der Waals surface area (Å²) in [6, 6.07) is 8.80. The number of thiophene rings is 1. The number of nitrogens with zero attached hydrogens (tertiary/aromatic N) is 4. The number of sulfonamides is 1. The van der Waals surface area contributed by atoms with Crippen LogP contribution in [0.4, 0.5) is 10.2 Å². The molecule has 0 radical (unpaired) electrons. The zero-order chi connectivity index (χ0) is 23.2. The van der Waals surface area contributed by atoms with Crippen LogP contribution in [0.1, 0.15) is 25.0 Å². The quantitative estimate of drug-likeness (QED) is 0.439. The number of benzene rings is 1. The number of carbonyl (C=O) groups excluding carboxylic acids is 1. The molecular weight excluding hydrogens is 485 g/mol. The van der Waals surface area contributed by atoms with Crippen molar-refractivity contribution in [2.45, 2.75) is 36.4 Å². The lowest BCUT2D eigenvalue weighted by molar-refractivity contribution is -0.120. The monoisotopic (exact) mass is 505 g/mol. The van der Waals surface area contributed by atoms with Crippen LogP contribution in [0, 0.1) is 12.7 Å². The highest BCUT2D eigenvalue weighted by molar-refractivity contribution is 7.91. The van der Waals surface area contributed by atoms with Crippen molar-refractivity contribution >= 4 is 54.6 Å². The average Bonchev–Trinajstić information content (AvgIpc) is 3.54. The summed E-state index contributed by atoms with van der Waals surface area (Å²) in [5.41, 5.74) is 0.875. The largest absolute Gasteiger partial charge is 0.309 e. The average molecular weight is 506 g/mol. The van der Waals surface area contributed by atoms with E-state index in [0.29, 0.717) is 34.2 Å². The van der Waals surface area contributed by atoms with Gasteiger partial charge in [0.05, 0.1) is 10.4 Å². The Morgan fingerprint density at radius 1 is 1.24 bits per heavy atom. The van der Waals surface area contributed by atoms with Crippen molar-refractivity contribution in [2.24, 2.45) is 0 Å². The molecule has 1 aromatic carbocycles. The van der Waals surface area contributed by atoms with Crippen LogP contribution in [0.15, 0.2) is 46.0 Å². The molecule has 1 atom stereocenters. The molecule has 0 aliphatic carbocycles. The van der Waals surface area contributed by atoms with E-state index in [1.165, 1.54) is 26.4 Å². The van der Waals surface area contributed by atoms with E-state index in [4.69, 9.17) is 0 Å². The number of aryl methyl sites for hydroxylation is 1. The molecule has 3 aromatic heterocycles. The Labute approximate surface area is 197 Å². The maximum atomic E-state index is 14.1. The van der Waals surface area contributed by atoms with Gasteiger partial charge in [-0.1, -0.05) is 29.9 Å². The van der Waals surface area contributed by atoms with Gasteiger partial charge in [0.2, 0.25) is 11.0 Å². The van der Waals surface area contributed by atoms with Crippen molar-refractivity contribution < 1.29 is 17.6 Å². The van der Waals surface area contributed by atoms with Gasteiger partial charge in [-0.05, 0) is 43.3 Å². The van der Waals surface area contributed by atoms with Gasteiger partial charge in [-0.2, -0.15) is 14.1 Å². The van der Waals surface area contributed by atoms with Gasteiger partial charge >= 0.3 is 0 Å². The predicted molar refractivity (Wildman–Crippen MR) is 126 cm³/mol. The van der Waals surface area contributed by atoms with E-state index in [1.54, 1.807) is 42.6 Å². The number of anilines is 1. The van der Waals surface area contributed by atoms with E-state index < -0.39 is 27.8 Å². The predicted octanol–water partition coefficient (Wildman–Crippen LogP) is 4.17. The molecule has 5 rings (SSSR count). The lowest BCUT2D eigenvalue weighted by atomic mass is 10.0. The summed E-state index contributed by atoms with van der Waals surface area (Å²) in [4.78, 5) is 17.6. The second-order valence-corrected chi connectivity index (χ2v) is 11.8. The summed E-state index contributed by atoms with van der Waals surface area (Å²) in [5.74, 6) is -0.500. The molecule has 4 aromatic rings. The van der Waals surface area contributed by atoms with Crippen molar-refractivity contribution in [3.05, 3.63) is 53.3 Å². The maximum absolute atomic E-state index is 14.1. The Morgan fingerprint density at radius 2 is 2.09 bits per heavy atom. The minimum atomic E-state index is -3.77. The van der Waals surface area contributed by atoms with Crippen molar-refractivity contribution in [3.8, 4) is 5.13 Å². The number of rotatable bonds is 5. The first-order chi connectivity index (χ1) is 15.8. The summed E-state index contributed by atoms with van der Waals surface area (Å²) in [6.07, 6.45) is 1.88. The number of piperidine rings is 1. The summed E-state index contributed by atoms with van der Waals surface area (Å²) in [6.45, 7) is 2.06. The molecular formula is C21H20FN5O3S3. The van der Waals surface area contributed by atoms with E-state index in [0.717, 1.165) is 17.8 Å². The van der Waals surface area contributed by atoms with Gasteiger partial charge in [-0.25, -0.2) is 17.8 Å². The van der Waals surface area contributed by atoms with Gasteiger partial charge in [0.15, 0.2) is 0 Å². The van der Waals surface area contributed by atoms with Gasteiger partial charge in [-0.3, -0.25) is 4.79 Å². The van der Waals surface area contributed by atoms with E-state index in [1.807, 2.05) is 0 Å². The van der Waals surface area contributed by atoms with Crippen LogP contribution < -0.4 is 5.32 Å². The Hall–Kier alpha value is -2.67. The number of hydrogen-bond acceptors (Lipinski definition) is 7. The lowest BCUT2D eigenvalue weighted by Crippen LogP contribution is -2.49. The number of hydrogen-bond donors (Lipinski definition) is 1. The second-order valence-electron chi connectivity index (χ2n) is 7.71. The first-order valence-electron chi connectivity index (χ1n) is 10.3. The Kier molecular flexibility index (Phi) is 5.77. The minimum absolute atomic E-state index is 0.222. The molecule has 1 amide bonds. The van der Waals surface area contributed by atoms with Crippen LogP contribution in [0.5, 0.6) is 0 Å². The number of nitrogens with one attached hydrogen (secondary N) is 1. The third-order valence-corrected chi connectivity index (χ3v) is 9.71. The second kappa shape index (κ2) is 8.60. The summed E-state index contributed by atoms with van der Waals surface area (Å²) in [5, 5.41) is 9.36. The first-order valence-corrected chi connectivity index (χ1v) is 13.5. The van der Waals surface area contributed by atoms with Crippen molar-refractivity contribution in [3.63, 3.8) is 0 Å². The van der Waals surface area contributed by atoms with Gasteiger partial charge in [0.1, 0.15) is 27.4 Å². The number of carbonyl (C=O) groups is 1. The molecule has 1 saturated heterocycles. The van der Waals surface area contributed by atoms with E-state index >= 15 is 0 Å². The van der Waals surface area contributed by atoms with E-state index in [9.17, 15) is 17.6 Å². The van der Waals surface area contributed by atoms with E-state index in [2.05, 4.69) is 15.4 Å². The van der Waals surface area contributed by atoms with Crippen LogP contribution in [-0.2, 0) is 14.8 Å². The molecule has 0 spiro atoms. The number of thiazole rings is 1. The molecule has 8 nitrogen and oxygen atoms in total. The van der Waals surface area contributed by atoms with Crippen LogP contribution in [-0.4, -0.2) is 46.0 Å². The third kappa shape index (κ3) is 4.07. The lowest BCUT2D eigenvalue weighted by Gasteiger charge is -2.33. The Bertz CT molecular complexity index is 1430. The molecule has 1 N–H and O–H groups in total. The summed E-state index contributed by atoms with van der Waals surface area (Å²) in [7, 11) is -3.77. The van der Waals surface area contributed by atoms with Crippen LogP contribution >= 0.6 is 22.7 Å². The zero-order valence-corrected chi connectivity index (χ0v) is 20.0.